The monoisotopic (exact) mass is 387 g/mol. The van der Waals surface area contributed by atoms with Crippen molar-refractivity contribution in [2.75, 3.05) is 13.1 Å². The molecule has 3 N–H and O–H groups in total. The SMILES string of the molecule is CC(C)[C@@H](NC(=O)c1ccc(C(C)(C)C)cc1)C(=O)N1CCC(C(N)=O)CC1. The van der Waals surface area contributed by atoms with Crippen LogP contribution in [0.2, 0.25) is 0 Å². The van der Waals surface area contributed by atoms with E-state index >= 15 is 0 Å². The summed E-state index contributed by atoms with van der Waals surface area (Å²) in [6.07, 6.45) is 1.15. The lowest BCUT2D eigenvalue weighted by Gasteiger charge is -2.34. The lowest BCUT2D eigenvalue weighted by Crippen LogP contribution is -2.53. The van der Waals surface area contributed by atoms with Gasteiger partial charge in [0.15, 0.2) is 0 Å². The number of nitrogens with zero attached hydrogens (tertiary/aromatic N) is 1. The highest BCUT2D eigenvalue weighted by atomic mass is 16.2. The van der Waals surface area contributed by atoms with Crippen LogP contribution in [-0.2, 0) is 15.0 Å². The number of carbonyl (C=O) groups is 3. The molecule has 1 saturated heterocycles. The van der Waals surface area contributed by atoms with E-state index in [4.69, 9.17) is 5.73 Å². The lowest BCUT2D eigenvalue weighted by molar-refractivity contribution is -0.137. The van der Waals surface area contributed by atoms with Crippen molar-refractivity contribution in [1.82, 2.24) is 10.2 Å². The van der Waals surface area contributed by atoms with Crippen LogP contribution in [0.3, 0.4) is 0 Å². The number of rotatable bonds is 5. The van der Waals surface area contributed by atoms with E-state index in [0.717, 1.165) is 5.56 Å². The molecule has 0 bridgehead atoms. The first-order valence-corrected chi connectivity index (χ1v) is 10.00. The summed E-state index contributed by atoms with van der Waals surface area (Å²) in [5, 5.41) is 2.90. The molecule has 0 unspecified atom stereocenters. The summed E-state index contributed by atoms with van der Waals surface area (Å²) < 4.78 is 0. The molecular weight excluding hydrogens is 354 g/mol. The second-order valence-corrected chi connectivity index (χ2v) is 9.02. The highest BCUT2D eigenvalue weighted by molar-refractivity contribution is 5.97. The standard InChI is InChI=1S/C22H33N3O3/c1-14(2)18(21(28)25-12-10-15(11-13-25)19(23)26)24-20(27)16-6-8-17(9-7-16)22(3,4)5/h6-9,14-15,18H,10-13H2,1-5H3,(H2,23,26)(H,24,27)/t18-/m1/s1. The van der Waals surface area contributed by atoms with Crippen LogP contribution in [0.1, 0.15) is 63.4 Å². The first-order chi connectivity index (χ1) is 13.0. The molecule has 1 atom stereocenters. The van der Waals surface area contributed by atoms with Crippen LogP contribution in [0, 0.1) is 11.8 Å². The minimum absolute atomic E-state index is 0.0163. The van der Waals surface area contributed by atoms with Gasteiger partial charge in [0.1, 0.15) is 6.04 Å². The van der Waals surface area contributed by atoms with E-state index in [1.165, 1.54) is 0 Å². The van der Waals surface area contributed by atoms with Crippen molar-refractivity contribution in [3.8, 4) is 0 Å². The number of nitrogens with one attached hydrogen (secondary N) is 1. The van der Waals surface area contributed by atoms with Crippen LogP contribution in [0.5, 0.6) is 0 Å². The molecule has 154 valence electrons. The van der Waals surface area contributed by atoms with E-state index in [1.807, 2.05) is 26.0 Å². The fraction of sp³-hybridized carbons (Fsp3) is 0.591. The third-order valence-corrected chi connectivity index (χ3v) is 5.44. The molecule has 2 rings (SSSR count). The summed E-state index contributed by atoms with van der Waals surface area (Å²) in [4.78, 5) is 38.7. The first-order valence-electron chi connectivity index (χ1n) is 10.00. The van der Waals surface area contributed by atoms with E-state index in [-0.39, 0.29) is 35.0 Å². The first kappa shape index (κ1) is 21.9. The molecular formula is C22H33N3O3. The number of benzene rings is 1. The number of hydrogen-bond acceptors (Lipinski definition) is 3. The van der Waals surface area contributed by atoms with Gasteiger partial charge >= 0.3 is 0 Å². The van der Waals surface area contributed by atoms with Crippen LogP contribution >= 0.6 is 0 Å². The Morgan fingerprint density at radius 2 is 1.61 bits per heavy atom. The zero-order chi connectivity index (χ0) is 21.1. The number of amides is 3. The van der Waals surface area contributed by atoms with Gasteiger partial charge in [0.05, 0.1) is 0 Å². The van der Waals surface area contributed by atoms with Gasteiger partial charge in [-0.2, -0.15) is 0 Å². The molecule has 1 aliphatic heterocycles. The molecule has 6 heteroatoms. The van der Waals surface area contributed by atoms with Crippen LogP contribution < -0.4 is 11.1 Å². The Morgan fingerprint density at radius 1 is 1.07 bits per heavy atom. The van der Waals surface area contributed by atoms with Crippen LogP contribution in [0.4, 0.5) is 0 Å². The second-order valence-electron chi connectivity index (χ2n) is 9.02. The molecule has 0 spiro atoms. The molecule has 0 radical (unpaired) electrons. The Kier molecular flexibility index (Phi) is 6.86. The zero-order valence-corrected chi connectivity index (χ0v) is 17.6. The Hall–Kier alpha value is -2.37. The van der Waals surface area contributed by atoms with Crippen molar-refractivity contribution in [3.63, 3.8) is 0 Å². The maximum Gasteiger partial charge on any atom is 0.251 e. The predicted octanol–water partition coefficient (Wildman–Crippen LogP) is 2.46. The van der Waals surface area contributed by atoms with Crippen molar-refractivity contribution < 1.29 is 14.4 Å². The number of likely N-dealkylation sites (tertiary alicyclic amines) is 1. The Morgan fingerprint density at radius 3 is 2.04 bits per heavy atom. The van der Waals surface area contributed by atoms with Crippen molar-refractivity contribution in [3.05, 3.63) is 35.4 Å². The van der Waals surface area contributed by atoms with E-state index < -0.39 is 6.04 Å². The third kappa shape index (κ3) is 5.33. The molecule has 1 aliphatic rings. The minimum Gasteiger partial charge on any atom is -0.369 e. The van der Waals surface area contributed by atoms with Crippen molar-refractivity contribution in [1.29, 1.82) is 0 Å². The Labute approximate surface area is 167 Å². The maximum absolute atomic E-state index is 13.0. The molecule has 0 saturated carbocycles. The normalized spacial score (nSPS) is 16.7. The fourth-order valence-electron chi connectivity index (χ4n) is 3.44. The summed E-state index contributed by atoms with van der Waals surface area (Å²) in [5.74, 6) is -0.867. The van der Waals surface area contributed by atoms with E-state index in [0.29, 0.717) is 31.5 Å². The molecule has 3 amide bonds. The number of primary amides is 1. The molecule has 1 aromatic carbocycles. The lowest BCUT2D eigenvalue weighted by atomic mass is 9.86. The molecule has 1 aromatic rings. The Balaban J connectivity index is 2.05. The summed E-state index contributed by atoms with van der Waals surface area (Å²) >= 11 is 0. The Bertz CT molecular complexity index is 712. The summed E-state index contributed by atoms with van der Waals surface area (Å²) in [6, 6.07) is 6.91. The summed E-state index contributed by atoms with van der Waals surface area (Å²) in [7, 11) is 0. The van der Waals surface area contributed by atoms with Crippen LogP contribution in [-0.4, -0.2) is 41.8 Å². The summed E-state index contributed by atoms with van der Waals surface area (Å²) in [6.45, 7) is 11.2. The van der Waals surface area contributed by atoms with Crippen molar-refractivity contribution >= 4 is 17.7 Å². The van der Waals surface area contributed by atoms with Gasteiger partial charge in [-0.1, -0.05) is 46.8 Å². The van der Waals surface area contributed by atoms with Crippen LogP contribution in [0.25, 0.3) is 0 Å². The molecule has 6 nitrogen and oxygen atoms in total. The van der Waals surface area contributed by atoms with Gasteiger partial charge in [0, 0.05) is 24.6 Å². The third-order valence-electron chi connectivity index (χ3n) is 5.44. The van der Waals surface area contributed by atoms with Gasteiger partial charge in [0.25, 0.3) is 5.91 Å². The van der Waals surface area contributed by atoms with E-state index in [1.54, 1.807) is 17.0 Å². The molecule has 0 aromatic heterocycles. The van der Waals surface area contributed by atoms with Gasteiger partial charge in [-0.25, -0.2) is 0 Å². The number of hydrogen-bond donors (Lipinski definition) is 2. The largest absolute Gasteiger partial charge is 0.369 e. The molecule has 1 heterocycles. The van der Waals surface area contributed by atoms with E-state index in [9.17, 15) is 14.4 Å². The van der Waals surface area contributed by atoms with Gasteiger partial charge in [0.2, 0.25) is 11.8 Å². The summed E-state index contributed by atoms with van der Waals surface area (Å²) in [5.41, 5.74) is 7.07. The average molecular weight is 388 g/mol. The molecule has 0 aliphatic carbocycles. The topological polar surface area (TPSA) is 92.5 Å². The van der Waals surface area contributed by atoms with Crippen LogP contribution in [0.15, 0.2) is 24.3 Å². The second kappa shape index (κ2) is 8.76. The van der Waals surface area contributed by atoms with Gasteiger partial charge < -0.3 is 16.0 Å². The minimum atomic E-state index is -0.597. The van der Waals surface area contributed by atoms with E-state index in [2.05, 4.69) is 26.1 Å². The smallest absolute Gasteiger partial charge is 0.251 e. The van der Waals surface area contributed by atoms with Gasteiger partial charge in [-0.15, -0.1) is 0 Å². The molecule has 28 heavy (non-hydrogen) atoms. The maximum atomic E-state index is 13.0. The van der Waals surface area contributed by atoms with Crippen molar-refractivity contribution in [2.45, 2.75) is 58.9 Å². The highest BCUT2D eigenvalue weighted by Gasteiger charge is 2.32. The fourth-order valence-corrected chi connectivity index (χ4v) is 3.44. The number of piperidine rings is 1. The average Bonchev–Trinajstić information content (AvgIpc) is 2.64. The van der Waals surface area contributed by atoms with Gasteiger partial charge in [-0.05, 0) is 41.9 Å². The number of carbonyl (C=O) groups excluding carboxylic acids is 3. The van der Waals surface area contributed by atoms with Crippen molar-refractivity contribution in [2.24, 2.45) is 17.6 Å². The quantitative estimate of drug-likeness (QED) is 0.813. The van der Waals surface area contributed by atoms with Gasteiger partial charge in [-0.3, -0.25) is 14.4 Å². The zero-order valence-electron chi connectivity index (χ0n) is 17.6. The molecule has 1 fully saturated rings. The highest BCUT2D eigenvalue weighted by Crippen LogP contribution is 2.22. The predicted molar refractivity (Wildman–Crippen MR) is 110 cm³/mol. The number of nitrogens with two attached hydrogens (primary N) is 1.